The van der Waals surface area contributed by atoms with Crippen molar-refractivity contribution in [3.05, 3.63) is 41.5 Å². The van der Waals surface area contributed by atoms with Crippen LogP contribution in [0, 0.1) is 0 Å². The highest BCUT2D eigenvalue weighted by molar-refractivity contribution is 7.17. The van der Waals surface area contributed by atoms with Crippen molar-refractivity contribution in [2.75, 3.05) is 18.0 Å². The molecule has 1 aliphatic heterocycles. The highest BCUT2D eigenvalue weighted by atomic mass is 32.1. The van der Waals surface area contributed by atoms with Gasteiger partial charge >= 0.3 is 0 Å². The van der Waals surface area contributed by atoms with Crippen molar-refractivity contribution in [2.24, 2.45) is 0 Å². The van der Waals surface area contributed by atoms with Crippen LogP contribution in [0.2, 0.25) is 0 Å². The average molecular weight is 351 g/mol. The van der Waals surface area contributed by atoms with Crippen LogP contribution in [0.25, 0.3) is 21.3 Å². The zero-order valence-corrected chi connectivity index (χ0v) is 15.3. The van der Waals surface area contributed by atoms with Crippen molar-refractivity contribution in [2.45, 2.75) is 32.6 Å². The van der Waals surface area contributed by atoms with Gasteiger partial charge in [0.2, 0.25) is 0 Å². The van der Waals surface area contributed by atoms with E-state index in [4.69, 9.17) is 0 Å². The maximum absolute atomic E-state index is 11.6. The lowest BCUT2D eigenvalue weighted by atomic mass is 9.99. The summed E-state index contributed by atoms with van der Waals surface area (Å²) < 4.78 is 0. The van der Waals surface area contributed by atoms with E-state index in [2.05, 4.69) is 58.4 Å². The predicted molar refractivity (Wildman–Crippen MR) is 103 cm³/mol. The van der Waals surface area contributed by atoms with Gasteiger partial charge in [-0.25, -0.2) is 9.97 Å². The van der Waals surface area contributed by atoms with Crippen molar-refractivity contribution in [3.8, 4) is 11.1 Å². The molecule has 4 nitrogen and oxygen atoms in total. The van der Waals surface area contributed by atoms with Crippen LogP contribution in [0.1, 0.15) is 38.2 Å². The molecule has 1 aliphatic rings. The van der Waals surface area contributed by atoms with Crippen molar-refractivity contribution in [3.63, 3.8) is 0 Å². The molecule has 0 radical (unpaired) electrons. The van der Waals surface area contributed by atoms with Gasteiger partial charge in [-0.3, -0.25) is 4.79 Å². The van der Waals surface area contributed by atoms with Gasteiger partial charge in [0.25, 0.3) is 0 Å². The molecule has 5 heteroatoms. The number of nitrogens with zero attached hydrogens (tertiary/aromatic N) is 3. The molecule has 0 spiro atoms. The van der Waals surface area contributed by atoms with Crippen molar-refractivity contribution in [1.82, 2.24) is 9.97 Å². The molecule has 25 heavy (non-hydrogen) atoms. The van der Waals surface area contributed by atoms with E-state index >= 15 is 0 Å². The Morgan fingerprint density at radius 1 is 1.08 bits per heavy atom. The second-order valence-electron chi connectivity index (χ2n) is 6.83. The average Bonchev–Trinajstić information content (AvgIpc) is 3.07. The van der Waals surface area contributed by atoms with E-state index in [1.165, 1.54) is 16.7 Å². The quantitative estimate of drug-likeness (QED) is 0.689. The number of Topliss-reactive ketones (excluding diaryl/α,β-unsaturated/α-hetero) is 1. The minimum atomic E-state index is 0.344. The van der Waals surface area contributed by atoms with Crippen LogP contribution in [0.15, 0.2) is 36.0 Å². The molecule has 0 atom stereocenters. The summed E-state index contributed by atoms with van der Waals surface area (Å²) in [6.45, 7) is 5.90. The Labute approximate surface area is 151 Å². The summed E-state index contributed by atoms with van der Waals surface area (Å²) in [5.74, 6) is 1.83. The van der Waals surface area contributed by atoms with E-state index < -0.39 is 0 Å². The van der Waals surface area contributed by atoms with Crippen LogP contribution in [-0.4, -0.2) is 28.8 Å². The standard InChI is InChI=1S/C20H21N3OS/c1-13(2)14-3-5-15(6-4-14)17-11-25-20-18(17)19(21-12-22-20)23-9-7-16(24)8-10-23/h3-6,11-13H,7-10H2,1-2H3. The number of carbonyl (C=O) groups excluding carboxylic acids is 1. The van der Waals surface area contributed by atoms with E-state index in [1.807, 2.05) is 0 Å². The summed E-state index contributed by atoms with van der Waals surface area (Å²) in [6, 6.07) is 8.78. The molecule has 2 aromatic heterocycles. The fourth-order valence-corrected chi connectivity index (χ4v) is 4.24. The Hall–Kier alpha value is -2.27. The van der Waals surface area contributed by atoms with Crippen LogP contribution >= 0.6 is 11.3 Å². The highest BCUT2D eigenvalue weighted by Gasteiger charge is 2.22. The van der Waals surface area contributed by atoms with Gasteiger partial charge in [0.15, 0.2) is 0 Å². The zero-order chi connectivity index (χ0) is 17.4. The van der Waals surface area contributed by atoms with Crippen LogP contribution in [0.5, 0.6) is 0 Å². The maximum Gasteiger partial charge on any atom is 0.141 e. The lowest BCUT2D eigenvalue weighted by Gasteiger charge is -2.27. The molecule has 0 unspecified atom stereocenters. The Morgan fingerprint density at radius 3 is 2.48 bits per heavy atom. The lowest BCUT2D eigenvalue weighted by molar-refractivity contribution is -0.119. The number of thiophene rings is 1. The number of carbonyl (C=O) groups is 1. The monoisotopic (exact) mass is 351 g/mol. The van der Waals surface area contributed by atoms with Crippen LogP contribution in [0.4, 0.5) is 5.82 Å². The first-order valence-electron chi connectivity index (χ1n) is 8.72. The summed E-state index contributed by atoms with van der Waals surface area (Å²) in [5, 5.41) is 3.28. The second kappa shape index (κ2) is 6.56. The Morgan fingerprint density at radius 2 is 1.80 bits per heavy atom. The number of benzene rings is 1. The Kier molecular flexibility index (Phi) is 4.25. The van der Waals surface area contributed by atoms with Gasteiger partial charge in [0, 0.05) is 36.9 Å². The number of piperidine rings is 1. The number of aromatic nitrogens is 2. The van der Waals surface area contributed by atoms with Crippen LogP contribution in [0.3, 0.4) is 0 Å². The van der Waals surface area contributed by atoms with Gasteiger partial charge in [-0.2, -0.15) is 0 Å². The van der Waals surface area contributed by atoms with Crippen LogP contribution < -0.4 is 4.90 Å². The van der Waals surface area contributed by atoms with Crippen LogP contribution in [-0.2, 0) is 4.79 Å². The SMILES string of the molecule is CC(C)c1ccc(-c2csc3ncnc(N4CCC(=O)CC4)c23)cc1. The lowest BCUT2D eigenvalue weighted by Crippen LogP contribution is -2.34. The first kappa shape index (κ1) is 16.2. The number of anilines is 1. The number of rotatable bonds is 3. The summed E-state index contributed by atoms with van der Waals surface area (Å²) in [5.41, 5.74) is 3.72. The molecule has 4 rings (SSSR count). The third-order valence-electron chi connectivity index (χ3n) is 4.86. The van der Waals surface area contributed by atoms with Gasteiger partial charge in [-0.05, 0) is 17.0 Å². The molecule has 0 saturated carbocycles. The summed E-state index contributed by atoms with van der Waals surface area (Å²) in [4.78, 5) is 23.8. The molecule has 3 aromatic rings. The first-order valence-corrected chi connectivity index (χ1v) is 9.60. The zero-order valence-electron chi connectivity index (χ0n) is 14.5. The molecule has 128 valence electrons. The number of hydrogen-bond donors (Lipinski definition) is 0. The molecule has 0 bridgehead atoms. The molecule has 0 amide bonds. The molecule has 1 aromatic carbocycles. The smallest absolute Gasteiger partial charge is 0.141 e. The van der Waals surface area contributed by atoms with Gasteiger partial charge < -0.3 is 4.90 Å². The van der Waals surface area contributed by atoms with E-state index in [9.17, 15) is 4.79 Å². The Balaban J connectivity index is 1.78. The maximum atomic E-state index is 11.6. The largest absolute Gasteiger partial charge is 0.355 e. The highest BCUT2D eigenvalue weighted by Crippen LogP contribution is 2.38. The number of ketones is 1. The van der Waals surface area contributed by atoms with Crippen molar-refractivity contribution >= 4 is 33.2 Å². The fourth-order valence-electron chi connectivity index (χ4n) is 3.33. The van der Waals surface area contributed by atoms with Gasteiger partial charge in [0.1, 0.15) is 22.8 Å². The second-order valence-corrected chi connectivity index (χ2v) is 7.69. The van der Waals surface area contributed by atoms with Gasteiger partial charge in [0.05, 0.1) is 5.39 Å². The molecule has 1 fully saturated rings. The van der Waals surface area contributed by atoms with Crippen molar-refractivity contribution < 1.29 is 4.79 Å². The molecule has 3 heterocycles. The molecule has 0 N–H and O–H groups in total. The third kappa shape index (κ3) is 3.04. The summed E-state index contributed by atoms with van der Waals surface area (Å²) in [7, 11) is 0. The molecule has 1 saturated heterocycles. The summed E-state index contributed by atoms with van der Waals surface area (Å²) in [6.07, 6.45) is 2.85. The molecular formula is C20H21N3OS. The minimum Gasteiger partial charge on any atom is -0.355 e. The van der Waals surface area contributed by atoms with E-state index in [0.29, 0.717) is 24.5 Å². The van der Waals surface area contributed by atoms with E-state index in [-0.39, 0.29) is 0 Å². The summed E-state index contributed by atoms with van der Waals surface area (Å²) >= 11 is 1.65. The molecular weight excluding hydrogens is 330 g/mol. The van der Waals surface area contributed by atoms with Gasteiger partial charge in [-0.1, -0.05) is 38.1 Å². The fraction of sp³-hybridized carbons (Fsp3) is 0.350. The van der Waals surface area contributed by atoms with E-state index in [1.54, 1.807) is 17.7 Å². The normalized spacial score (nSPS) is 15.3. The third-order valence-corrected chi connectivity index (χ3v) is 5.75. The topological polar surface area (TPSA) is 46.1 Å². The number of fused-ring (bicyclic) bond motifs is 1. The minimum absolute atomic E-state index is 0.344. The van der Waals surface area contributed by atoms with Crippen molar-refractivity contribution in [1.29, 1.82) is 0 Å². The number of hydrogen-bond acceptors (Lipinski definition) is 5. The predicted octanol–water partition coefficient (Wildman–Crippen LogP) is 4.65. The van der Waals surface area contributed by atoms with Gasteiger partial charge in [-0.15, -0.1) is 11.3 Å². The Bertz CT molecular complexity index is 904. The first-order chi connectivity index (χ1) is 12.1. The van der Waals surface area contributed by atoms with E-state index in [0.717, 1.165) is 29.1 Å². The molecule has 0 aliphatic carbocycles.